The molecular weight excluding hydrogens is 244 g/mol. The van der Waals surface area contributed by atoms with Gasteiger partial charge in [0.1, 0.15) is 10.6 Å². The second kappa shape index (κ2) is 4.63. The van der Waals surface area contributed by atoms with Crippen molar-refractivity contribution in [2.45, 2.75) is 0 Å². The number of rotatable bonds is 3. The molecular formula is C15H10O2S. The van der Waals surface area contributed by atoms with Gasteiger partial charge in [0.15, 0.2) is 12.0 Å². The summed E-state index contributed by atoms with van der Waals surface area (Å²) >= 11 is 1.45. The van der Waals surface area contributed by atoms with Gasteiger partial charge in [-0.3, -0.25) is 4.79 Å². The average Bonchev–Trinajstić information content (AvgIpc) is 2.78. The normalized spacial score (nSPS) is 10.4. The molecule has 0 atom stereocenters. The van der Waals surface area contributed by atoms with Crippen molar-refractivity contribution in [3.05, 3.63) is 59.5 Å². The molecule has 0 aliphatic rings. The van der Waals surface area contributed by atoms with Crippen LogP contribution in [0.15, 0.2) is 54.6 Å². The molecule has 0 radical (unpaired) electrons. The van der Waals surface area contributed by atoms with Crippen LogP contribution in [0, 0.1) is 0 Å². The summed E-state index contributed by atoms with van der Waals surface area (Å²) < 4.78 is 6.89. The summed E-state index contributed by atoms with van der Waals surface area (Å²) in [6.07, 6.45) is 0.850. The predicted octanol–water partition coefficient (Wildman–Crippen LogP) is 4.51. The molecule has 1 heterocycles. The maximum Gasteiger partial charge on any atom is 0.163 e. The third-order valence-corrected chi connectivity index (χ3v) is 3.72. The molecule has 0 spiro atoms. The lowest BCUT2D eigenvalue weighted by molar-refractivity contribution is 0.112. The van der Waals surface area contributed by atoms with Crippen LogP contribution in [0.5, 0.6) is 11.5 Å². The monoisotopic (exact) mass is 254 g/mol. The Kier molecular flexibility index (Phi) is 2.82. The van der Waals surface area contributed by atoms with Gasteiger partial charge in [-0.05, 0) is 24.3 Å². The zero-order chi connectivity index (χ0) is 12.4. The average molecular weight is 254 g/mol. The van der Waals surface area contributed by atoms with Gasteiger partial charge in [-0.15, -0.1) is 11.3 Å². The first-order chi connectivity index (χ1) is 8.88. The van der Waals surface area contributed by atoms with Crippen LogP contribution in [-0.4, -0.2) is 6.29 Å². The van der Waals surface area contributed by atoms with Gasteiger partial charge in [-0.1, -0.05) is 30.3 Å². The van der Waals surface area contributed by atoms with Crippen LogP contribution >= 0.6 is 11.3 Å². The van der Waals surface area contributed by atoms with Crippen LogP contribution in [0.25, 0.3) is 10.1 Å². The molecule has 0 saturated carbocycles. The Hall–Kier alpha value is -2.13. The van der Waals surface area contributed by atoms with Gasteiger partial charge >= 0.3 is 0 Å². The summed E-state index contributed by atoms with van der Waals surface area (Å²) in [5.74, 6) is 1.39. The van der Waals surface area contributed by atoms with Crippen LogP contribution < -0.4 is 4.74 Å². The number of aldehydes is 1. The van der Waals surface area contributed by atoms with E-state index in [0.29, 0.717) is 10.6 Å². The fourth-order valence-electron chi connectivity index (χ4n) is 1.83. The molecule has 0 saturated heterocycles. The minimum absolute atomic E-state index is 0.625. The van der Waals surface area contributed by atoms with Crippen LogP contribution in [0.2, 0.25) is 0 Å². The molecule has 0 aliphatic heterocycles. The minimum atomic E-state index is 0.625. The van der Waals surface area contributed by atoms with E-state index in [1.807, 2.05) is 54.6 Å². The third kappa shape index (κ3) is 1.89. The molecule has 88 valence electrons. The number of carbonyl (C=O) groups excluding carboxylic acids is 1. The van der Waals surface area contributed by atoms with E-state index in [2.05, 4.69) is 0 Å². The van der Waals surface area contributed by atoms with E-state index in [0.717, 1.165) is 22.1 Å². The van der Waals surface area contributed by atoms with Gasteiger partial charge < -0.3 is 4.74 Å². The first-order valence-corrected chi connectivity index (χ1v) is 6.40. The summed E-state index contributed by atoms with van der Waals surface area (Å²) in [7, 11) is 0. The van der Waals surface area contributed by atoms with E-state index in [4.69, 9.17) is 4.74 Å². The van der Waals surface area contributed by atoms with Crippen molar-refractivity contribution < 1.29 is 9.53 Å². The number of hydrogen-bond donors (Lipinski definition) is 0. The molecule has 0 aliphatic carbocycles. The number of carbonyl (C=O) groups is 1. The fourth-order valence-corrected chi connectivity index (χ4v) is 2.78. The number of fused-ring (bicyclic) bond motifs is 1. The van der Waals surface area contributed by atoms with Crippen molar-refractivity contribution in [1.29, 1.82) is 0 Å². The molecule has 18 heavy (non-hydrogen) atoms. The fraction of sp³-hybridized carbons (Fsp3) is 0. The van der Waals surface area contributed by atoms with E-state index in [1.165, 1.54) is 11.3 Å². The minimum Gasteiger partial charge on any atom is -0.455 e. The summed E-state index contributed by atoms with van der Waals surface area (Å²) in [5, 5.41) is 0.980. The SMILES string of the molecule is O=Cc1sc2ccccc2c1Oc1ccccc1. The van der Waals surface area contributed by atoms with Crippen LogP contribution in [0.3, 0.4) is 0 Å². The Labute approximate surface area is 108 Å². The summed E-state index contributed by atoms with van der Waals surface area (Å²) in [6.45, 7) is 0. The second-order valence-corrected chi connectivity index (χ2v) is 4.91. The van der Waals surface area contributed by atoms with Gasteiger partial charge in [0.2, 0.25) is 0 Å². The molecule has 1 aromatic heterocycles. The Bertz CT molecular complexity index is 686. The zero-order valence-corrected chi connectivity index (χ0v) is 10.3. The topological polar surface area (TPSA) is 26.3 Å². The lowest BCUT2D eigenvalue weighted by Crippen LogP contribution is -1.85. The lowest BCUT2D eigenvalue weighted by atomic mass is 10.2. The number of benzene rings is 2. The van der Waals surface area contributed by atoms with Gasteiger partial charge in [0.25, 0.3) is 0 Å². The number of para-hydroxylation sites is 1. The highest BCUT2D eigenvalue weighted by Gasteiger charge is 2.13. The Morgan fingerprint density at radius 3 is 2.44 bits per heavy atom. The second-order valence-electron chi connectivity index (χ2n) is 3.82. The largest absolute Gasteiger partial charge is 0.455 e. The van der Waals surface area contributed by atoms with Crippen molar-refractivity contribution in [3.8, 4) is 11.5 Å². The molecule has 3 aromatic rings. The quantitative estimate of drug-likeness (QED) is 0.643. The summed E-state index contributed by atoms with van der Waals surface area (Å²) in [4.78, 5) is 11.7. The van der Waals surface area contributed by atoms with E-state index < -0.39 is 0 Å². The number of ether oxygens (including phenoxy) is 1. The Morgan fingerprint density at radius 1 is 0.944 bits per heavy atom. The van der Waals surface area contributed by atoms with Crippen LogP contribution in [0.1, 0.15) is 9.67 Å². The first-order valence-electron chi connectivity index (χ1n) is 5.58. The molecule has 3 heteroatoms. The van der Waals surface area contributed by atoms with E-state index in [1.54, 1.807) is 0 Å². The summed E-state index contributed by atoms with van der Waals surface area (Å²) in [5.41, 5.74) is 0. The van der Waals surface area contributed by atoms with Crippen molar-refractivity contribution in [1.82, 2.24) is 0 Å². The summed E-state index contributed by atoms with van der Waals surface area (Å²) in [6, 6.07) is 17.4. The van der Waals surface area contributed by atoms with Crippen LogP contribution in [0.4, 0.5) is 0 Å². The third-order valence-electron chi connectivity index (χ3n) is 2.65. The molecule has 2 aromatic carbocycles. The number of thiophene rings is 1. The molecule has 0 fully saturated rings. The van der Waals surface area contributed by atoms with Gasteiger partial charge in [-0.2, -0.15) is 0 Å². The zero-order valence-electron chi connectivity index (χ0n) is 9.50. The maximum absolute atomic E-state index is 11.1. The number of hydrogen-bond acceptors (Lipinski definition) is 3. The highest BCUT2D eigenvalue weighted by Crippen LogP contribution is 2.38. The first kappa shape index (κ1) is 11.0. The molecule has 0 amide bonds. The molecule has 2 nitrogen and oxygen atoms in total. The standard InChI is InChI=1S/C15H10O2S/c16-10-14-15(17-11-6-2-1-3-7-11)12-8-4-5-9-13(12)18-14/h1-10H. The van der Waals surface area contributed by atoms with Gasteiger partial charge in [0.05, 0.1) is 0 Å². The predicted molar refractivity (Wildman–Crippen MR) is 73.7 cm³/mol. The van der Waals surface area contributed by atoms with Crippen molar-refractivity contribution in [2.75, 3.05) is 0 Å². The highest BCUT2D eigenvalue weighted by molar-refractivity contribution is 7.21. The van der Waals surface area contributed by atoms with E-state index >= 15 is 0 Å². The van der Waals surface area contributed by atoms with Crippen molar-refractivity contribution >= 4 is 27.7 Å². The van der Waals surface area contributed by atoms with E-state index in [-0.39, 0.29) is 0 Å². The molecule has 3 rings (SSSR count). The highest BCUT2D eigenvalue weighted by atomic mass is 32.1. The van der Waals surface area contributed by atoms with Gasteiger partial charge in [-0.25, -0.2) is 0 Å². The van der Waals surface area contributed by atoms with E-state index in [9.17, 15) is 4.79 Å². The van der Waals surface area contributed by atoms with Gasteiger partial charge in [0, 0.05) is 10.1 Å². The molecule has 0 unspecified atom stereocenters. The van der Waals surface area contributed by atoms with Crippen molar-refractivity contribution in [2.24, 2.45) is 0 Å². The van der Waals surface area contributed by atoms with Crippen molar-refractivity contribution in [3.63, 3.8) is 0 Å². The smallest absolute Gasteiger partial charge is 0.163 e. The van der Waals surface area contributed by atoms with Crippen LogP contribution in [-0.2, 0) is 0 Å². The lowest BCUT2D eigenvalue weighted by Gasteiger charge is -2.04. The molecule has 0 bridgehead atoms. The molecule has 0 N–H and O–H groups in total. The Morgan fingerprint density at radius 2 is 1.67 bits per heavy atom. The maximum atomic E-state index is 11.1. The Balaban J connectivity index is 2.12.